The average molecular weight is 601 g/mol. The van der Waals surface area contributed by atoms with E-state index in [4.69, 9.17) is 9.47 Å². The number of Topliss-reactive ketones (excluding diaryl/α,β-unsaturated/α-hetero) is 1. The first-order valence-electron chi connectivity index (χ1n) is 12.2. The molecule has 2 amide bonds. The number of rotatable bonds is 18. The first kappa shape index (κ1) is 33.5. The average Bonchev–Trinajstić information content (AvgIpc) is 3.18. The molecule has 1 heterocycles. The standard InChI is InChI=1S/C24H29F5N2O8S/c1-13(32)4-11-40-14-12-16(34)31(24(14)36)6-2-15(33)30-5-8-38-10-9-37-7-3-17(35)39-23-21(28)19(26)18(25)20(27)22(23)29/h14-15,30,33H,2-12H2,1H3. The molecule has 0 bridgehead atoms. The number of aliphatic hydroxyl groups is 1. The van der Waals surface area contributed by atoms with Gasteiger partial charge in [-0.3, -0.25) is 29.4 Å². The Morgan fingerprint density at radius 1 is 0.975 bits per heavy atom. The predicted octanol–water partition coefficient (Wildman–Crippen LogP) is 1.85. The number of thioether (sulfide) groups is 1. The summed E-state index contributed by atoms with van der Waals surface area (Å²) in [6, 6.07) is 0. The smallest absolute Gasteiger partial charge is 0.313 e. The van der Waals surface area contributed by atoms with Crippen LogP contribution in [-0.2, 0) is 28.7 Å². The van der Waals surface area contributed by atoms with E-state index in [-0.39, 0.29) is 70.0 Å². The van der Waals surface area contributed by atoms with Crippen molar-refractivity contribution in [2.45, 2.75) is 44.1 Å². The zero-order chi connectivity index (χ0) is 29.8. The molecule has 0 aromatic heterocycles. The van der Waals surface area contributed by atoms with Crippen LogP contribution in [0.2, 0.25) is 0 Å². The number of likely N-dealkylation sites (tertiary alicyclic amines) is 1. The number of benzene rings is 1. The minimum absolute atomic E-state index is 0.00311. The topological polar surface area (TPSA) is 131 Å². The second kappa shape index (κ2) is 16.6. The van der Waals surface area contributed by atoms with Gasteiger partial charge in [0.15, 0.2) is 0 Å². The van der Waals surface area contributed by atoms with Gasteiger partial charge in [-0.2, -0.15) is 8.78 Å². The van der Waals surface area contributed by atoms with Crippen LogP contribution >= 0.6 is 11.8 Å². The number of ether oxygens (including phenoxy) is 3. The van der Waals surface area contributed by atoms with Crippen LogP contribution in [0.25, 0.3) is 0 Å². The number of esters is 1. The van der Waals surface area contributed by atoms with Gasteiger partial charge in [-0.15, -0.1) is 11.8 Å². The van der Waals surface area contributed by atoms with Crippen molar-refractivity contribution in [1.82, 2.24) is 10.2 Å². The maximum Gasteiger partial charge on any atom is 0.313 e. The van der Waals surface area contributed by atoms with Gasteiger partial charge < -0.3 is 19.3 Å². The minimum atomic E-state index is -2.37. The summed E-state index contributed by atoms with van der Waals surface area (Å²) < 4.78 is 80.9. The summed E-state index contributed by atoms with van der Waals surface area (Å²) >= 11 is 1.27. The van der Waals surface area contributed by atoms with Gasteiger partial charge in [0.2, 0.25) is 46.6 Å². The summed E-state index contributed by atoms with van der Waals surface area (Å²) in [4.78, 5) is 48.2. The van der Waals surface area contributed by atoms with Crippen LogP contribution in [0.1, 0.15) is 32.6 Å². The molecule has 224 valence electrons. The highest BCUT2D eigenvalue weighted by Crippen LogP contribution is 2.29. The van der Waals surface area contributed by atoms with Crippen molar-refractivity contribution in [2.75, 3.05) is 45.3 Å². The van der Waals surface area contributed by atoms with Crippen LogP contribution < -0.4 is 10.1 Å². The number of halogens is 5. The van der Waals surface area contributed by atoms with Gasteiger partial charge in [0.25, 0.3) is 0 Å². The lowest BCUT2D eigenvalue weighted by Crippen LogP contribution is -2.38. The molecular weight excluding hydrogens is 571 g/mol. The quantitative estimate of drug-likeness (QED) is 0.0376. The minimum Gasteiger partial charge on any atom is -0.420 e. The van der Waals surface area contributed by atoms with Gasteiger partial charge in [-0.1, -0.05) is 0 Å². The van der Waals surface area contributed by atoms with Gasteiger partial charge in [0.05, 0.1) is 38.1 Å². The lowest BCUT2D eigenvalue weighted by atomic mass is 10.2. The number of aliphatic hydroxyl groups excluding tert-OH is 1. The molecule has 1 aliphatic heterocycles. The third-order valence-corrected chi connectivity index (χ3v) is 6.65. The van der Waals surface area contributed by atoms with Crippen LogP contribution in [0.5, 0.6) is 5.75 Å². The summed E-state index contributed by atoms with van der Waals surface area (Å²) in [5.41, 5.74) is 0. The van der Waals surface area contributed by atoms with Gasteiger partial charge in [0.1, 0.15) is 12.0 Å². The van der Waals surface area contributed by atoms with Crippen molar-refractivity contribution in [3.8, 4) is 5.75 Å². The highest BCUT2D eigenvalue weighted by Gasteiger charge is 2.38. The zero-order valence-electron chi connectivity index (χ0n) is 21.5. The number of nitrogens with one attached hydrogen (secondary N) is 1. The second-order valence-corrected chi connectivity index (χ2v) is 9.82. The molecule has 2 N–H and O–H groups in total. The molecule has 0 aliphatic carbocycles. The number of nitrogens with zero attached hydrogens (tertiary/aromatic N) is 1. The van der Waals surface area contributed by atoms with E-state index in [0.29, 0.717) is 12.2 Å². The molecule has 1 fully saturated rings. The lowest BCUT2D eigenvalue weighted by Gasteiger charge is -2.18. The second-order valence-electron chi connectivity index (χ2n) is 8.51. The van der Waals surface area contributed by atoms with Crippen molar-refractivity contribution in [3.63, 3.8) is 0 Å². The van der Waals surface area contributed by atoms with Crippen LogP contribution in [0.15, 0.2) is 0 Å². The maximum absolute atomic E-state index is 13.5. The van der Waals surface area contributed by atoms with E-state index in [9.17, 15) is 46.2 Å². The Kier molecular flexibility index (Phi) is 13.9. The monoisotopic (exact) mass is 600 g/mol. The van der Waals surface area contributed by atoms with Gasteiger partial charge in [-0.05, 0) is 6.92 Å². The molecule has 1 saturated heterocycles. The Balaban J connectivity index is 1.53. The van der Waals surface area contributed by atoms with Gasteiger partial charge in [0, 0.05) is 38.1 Å². The third kappa shape index (κ3) is 10.1. The van der Waals surface area contributed by atoms with Crippen molar-refractivity contribution < 1.29 is 60.4 Å². The van der Waals surface area contributed by atoms with Crippen LogP contribution in [0.3, 0.4) is 0 Å². The van der Waals surface area contributed by atoms with E-state index >= 15 is 0 Å². The number of hydrogen-bond acceptors (Lipinski definition) is 10. The molecule has 1 aliphatic rings. The summed E-state index contributed by atoms with van der Waals surface area (Å²) in [6.07, 6.45) is -1.05. The van der Waals surface area contributed by atoms with Crippen molar-refractivity contribution >= 4 is 35.3 Å². The van der Waals surface area contributed by atoms with Crippen molar-refractivity contribution in [3.05, 3.63) is 29.1 Å². The number of imide groups is 1. The molecule has 2 rings (SSSR count). The summed E-state index contributed by atoms with van der Waals surface area (Å²) in [6.45, 7) is 1.66. The first-order valence-corrected chi connectivity index (χ1v) is 13.2. The molecule has 0 saturated carbocycles. The summed E-state index contributed by atoms with van der Waals surface area (Å²) in [5, 5.41) is 12.3. The molecule has 1 aromatic rings. The zero-order valence-corrected chi connectivity index (χ0v) is 22.3. The molecule has 16 heteroatoms. The Morgan fingerprint density at radius 2 is 1.57 bits per heavy atom. The third-order valence-electron chi connectivity index (χ3n) is 5.44. The first-order chi connectivity index (χ1) is 18.9. The maximum atomic E-state index is 13.5. The van der Waals surface area contributed by atoms with E-state index in [0.717, 1.165) is 4.90 Å². The molecule has 0 spiro atoms. The van der Waals surface area contributed by atoms with Crippen LogP contribution in [0.4, 0.5) is 22.0 Å². The van der Waals surface area contributed by atoms with Crippen LogP contribution in [-0.4, -0.2) is 90.3 Å². The molecule has 40 heavy (non-hydrogen) atoms. The fourth-order valence-corrected chi connectivity index (χ4v) is 4.55. The number of carbonyl (C=O) groups is 4. The van der Waals surface area contributed by atoms with Crippen molar-refractivity contribution in [1.29, 1.82) is 0 Å². The fraction of sp³-hybridized carbons (Fsp3) is 0.583. The molecule has 0 radical (unpaired) electrons. The molecular formula is C24H29F5N2O8S. The van der Waals surface area contributed by atoms with E-state index in [2.05, 4.69) is 10.1 Å². The molecule has 2 atom stereocenters. The normalized spacial score (nSPS) is 16.1. The Bertz CT molecular complexity index is 1050. The van der Waals surface area contributed by atoms with Gasteiger partial charge >= 0.3 is 5.97 Å². The van der Waals surface area contributed by atoms with E-state index in [1.165, 1.54) is 18.7 Å². The Labute approximate surface area is 230 Å². The molecule has 2 unspecified atom stereocenters. The highest BCUT2D eigenvalue weighted by molar-refractivity contribution is 8.00. The largest absolute Gasteiger partial charge is 0.420 e. The predicted molar refractivity (Wildman–Crippen MR) is 130 cm³/mol. The SMILES string of the molecule is CC(=O)CCSC1CC(=O)N(CCC(O)NCCOCCOCCC(=O)Oc2c(F)c(F)c(F)c(F)c2F)C1=O. The summed E-state index contributed by atoms with van der Waals surface area (Å²) in [5.74, 6) is -14.5. The molecule has 1 aromatic carbocycles. The van der Waals surface area contributed by atoms with E-state index in [1.54, 1.807) is 0 Å². The Hall–Kier alpha value is -2.66. The number of amides is 2. The number of ketones is 1. The highest BCUT2D eigenvalue weighted by atomic mass is 32.2. The van der Waals surface area contributed by atoms with Gasteiger partial charge in [-0.25, -0.2) is 13.2 Å². The summed E-state index contributed by atoms with van der Waals surface area (Å²) in [7, 11) is 0. The number of carbonyl (C=O) groups excluding carboxylic acids is 4. The Morgan fingerprint density at radius 3 is 2.20 bits per heavy atom. The van der Waals surface area contributed by atoms with Crippen LogP contribution in [0, 0.1) is 29.1 Å². The number of hydrogen-bond donors (Lipinski definition) is 2. The van der Waals surface area contributed by atoms with Crippen molar-refractivity contribution in [2.24, 2.45) is 0 Å². The fourth-order valence-electron chi connectivity index (χ4n) is 3.33. The molecule has 10 nitrogen and oxygen atoms in total. The van der Waals surface area contributed by atoms with E-state index in [1.807, 2.05) is 0 Å². The van der Waals surface area contributed by atoms with E-state index < -0.39 is 58.7 Å². The lowest BCUT2D eigenvalue weighted by molar-refractivity contribution is -0.139.